The first-order chi connectivity index (χ1) is 11.1. The fourth-order valence-electron chi connectivity index (χ4n) is 2.29. The van der Waals surface area contributed by atoms with Crippen molar-refractivity contribution in [1.29, 1.82) is 0 Å². The van der Waals surface area contributed by atoms with Crippen LogP contribution in [0, 0.1) is 0 Å². The zero-order valence-electron chi connectivity index (χ0n) is 14.2. The van der Waals surface area contributed by atoms with Crippen LogP contribution in [0.5, 0.6) is 0 Å². The molecule has 0 N–H and O–H groups in total. The standard InChI is InChI=1S/C19H22O4S/c1-5-14-6-7-16-13-17(9-8-15(16)12-14)24(21,22)11-10-18(20)23-19(2,3)4/h5-9,12-13H,1,10-11H2,2-4H3. The number of fused-ring (bicyclic) bond motifs is 1. The number of rotatable bonds is 5. The maximum atomic E-state index is 12.4. The van der Waals surface area contributed by atoms with E-state index < -0.39 is 21.4 Å². The average molecular weight is 346 g/mol. The van der Waals surface area contributed by atoms with Crippen LogP contribution in [-0.2, 0) is 19.4 Å². The molecule has 0 aliphatic heterocycles. The van der Waals surface area contributed by atoms with Gasteiger partial charge >= 0.3 is 5.97 Å². The summed E-state index contributed by atoms with van der Waals surface area (Å²) in [4.78, 5) is 11.9. The minimum Gasteiger partial charge on any atom is -0.460 e. The van der Waals surface area contributed by atoms with E-state index in [4.69, 9.17) is 4.74 Å². The van der Waals surface area contributed by atoms with Crippen molar-refractivity contribution in [3.63, 3.8) is 0 Å². The van der Waals surface area contributed by atoms with Gasteiger partial charge in [-0.05, 0) is 55.3 Å². The summed E-state index contributed by atoms with van der Waals surface area (Å²) in [5.41, 5.74) is 0.357. The third-order valence-corrected chi connectivity index (χ3v) is 5.14. The van der Waals surface area contributed by atoms with Crippen molar-refractivity contribution < 1.29 is 17.9 Å². The van der Waals surface area contributed by atoms with Crippen LogP contribution in [-0.4, -0.2) is 25.7 Å². The Kier molecular flexibility index (Phi) is 5.13. The predicted octanol–water partition coefficient (Wildman–Crippen LogP) is 3.99. The Hall–Kier alpha value is -2.14. The molecule has 0 saturated carbocycles. The van der Waals surface area contributed by atoms with Crippen LogP contribution in [0.4, 0.5) is 0 Å². The van der Waals surface area contributed by atoms with E-state index in [1.54, 1.807) is 45.0 Å². The summed E-state index contributed by atoms with van der Waals surface area (Å²) < 4.78 is 30.0. The van der Waals surface area contributed by atoms with Crippen molar-refractivity contribution in [3.05, 3.63) is 48.5 Å². The molecule has 2 rings (SSSR count). The van der Waals surface area contributed by atoms with Gasteiger partial charge in [0.25, 0.3) is 0 Å². The molecule has 0 fully saturated rings. The van der Waals surface area contributed by atoms with Gasteiger partial charge in [0.2, 0.25) is 0 Å². The molecule has 0 unspecified atom stereocenters. The number of carbonyl (C=O) groups is 1. The summed E-state index contributed by atoms with van der Waals surface area (Å²) in [7, 11) is -3.54. The Morgan fingerprint density at radius 3 is 2.38 bits per heavy atom. The van der Waals surface area contributed by atoms with Gasteiger partial charge in [0.05, 0.1) is 17.1 Å². The number of hydrogen-bond donors (Lipinski definition) is 0. The van der Waals surface area contributed by atoms with Crippen LogP contribution in [0.3, 0.4) is 0 Å². The second-order valence-corrected chi connectivity index (χ2v) is 8.74. The maximum absolute atomic E-state index is 12.4. The van der Waals surface area contributed by atoms with E-state index in [2.05, 4.69) is 6.58 Å². The molecule has 0 atom stereocenters. The van der Waals surface area contributed by atoms with E-state index in [-0.39, 0.29) is 17.1 Å². The molecule has 5 heteroatoms. The van der Waals surface area contributed by atoms with E-state index in [1.165, 1.54) is 0 Å². The SMILES string of the molecule is C=Cc1ccc2cc(S(=O)(=O)CCC(=O)OC(C)(C)C)ccc2c1. The Morgan fingerprint density at radius 1 is 1.12 bits per heavy atom. The molecule has 0 bridgehead atoms. The first-order valence-electron chi connectivity index (χ1n) is 7.72. The smallest absolute Gasteiger partial charge is 0.307 e. The van der Waals surface area contributed by atoms with Gasteiger partial charge in [-0.2, -0.15) is 0 Å². The molecular formula is C19H22O4S. The molecule has 0 saturated heterocycles. The Bertz CT molecular complexity index is 874. The lowest BCUT2D eigenvalue weighted by atomic mass is 10.1. The number of hydrogen-bond acceptors (Lipinski definition) is 4. The minimum atomic E-state index is -3.54. The van der Waals surface area contributed by atoms with Gasteiger partial charge in [-0.25, -0.2) is 8.42 Å². The van der Waals surface area contributed by atoms with Crippen molar-refractivity contribution in [2.24, 2.45) is 0 Å². The summed E-state index contributed by atoms with van der Waals surface area (Å²) in [6, 6.07) is 10.7. The van der Waals surface area contributed by atoms with Gasteiger partial charge in [-0.1, -0.05) is 30.9 Å². The minimum absolute atomic E-state index is 0.160. The highest BCUT2D eigenvalue weighted by atomic mass is 32.2. The lowest BCUT2D eigenvalue weighted by Gasteiger charge is -2.19. The van der Waals surface area contributed by atoms with Crippen LogP contribution >= 0.6 is 0 Å². The zero-order valence-corrected chi connectivity index (χ0v) is 15.0. The molecule has 0 aliphatic carbocycles. The first kappa shape index (κ1) is 18.2. The third-order valence-electron chi connectivity index (χ3n) is 3.43. The van der Waals surface area contributed by atoms with Gasteiger partial charge in [0, 0.05) is 0 Å². The molecule has 0 radical (unpaired) electrons. The second kappa shape index (κ2) is 6.77. The van der Waals surface area contributed by atoms with E-state index in [0.717, 1.165) is 16.3 Å². The van der Waals surface area contributed by atoms with E-state index in [1.807, 2.05) is 18.2 Å². The largest absolute Gasteiger partial charge is 0.460 e. The summed E-state index contributed by atoms with van der Waals surface area (Å²) in [5.74, 6) is -0.777. The predicted molar refractivity (Wildman–Crippen MR) is 96.6 cm³/mol. The fraction of sp³-hybridized carbons (Fsp3) is 0.316. The Balaban J connectivity index is 2.18. The lowest BCUT2D eigenvalue weighted by molar-refractivity contribution is -0.154. The quantitative estimate of drug-likeness (QED) is 0.768. The van der Waals surface area contributed by atoms with Crippen molar-refractivity contribution in [2.45, 2.75) is 37.7 Å². The molecule has 0 aromatic heterocycles. The molecule has 128 valence electrons. The van der Waals surface area contributed by atoms with Crippen molar-refractivity contribution in [1.82, 2.24) is 0 Å². The number of carbonyl (C=O) groups excluding carboxylic acids is 1. The molecular weight excluding hydrogens is 324 g/mol. The average Bonchev–Trinajstić information content (AvgIpc) is 2.50. The first-order valence-corrected chi connectivity index (χ1v) is 9.37. The van der Waals surface area contributed by atoms with Crippen LogP contribution in [0.25, 0.3) is 16.8 Å². The fourth-order valence-corrected chi connectivity index (χ4v) is 3.54. The topological polar surface area (TPSA) is 60.4 Å². The summed E-state index contributed by atoms with van der Waals surface area (Å²) in [5, 5.41) is 1.78. The van der Waals surface area contributed by atoms with Crippen molar-refractivity contribution in [3.8, 4) is 0 Å². The summed E-state index contributed by atoms with van der Waals surface area (Å²) >= 11 is 0. The second-order valence-electron chi connectivity index (χ2n) is 6.63. The number of esters is 1. The number of benzene rings is 2. The summed E-state index contributed by atoms with van der Waals surface area (Å²) in [6.45, 7) is 8.97. The number of ether oxygens (including phenoxy) is 1. The Morgan fingerprint density at radius 2 is 1.75 bits per heavy atom. The van der Waals surface area contributed by atoms with Gasteiger partial charge < -0.3 is 4.74 Å². The summed E-state index contributed by atoms with van der Waals surface area (Å²) in [6.07, 6.45) is 1.58. The van der Waals surface area contributed by atoms with Crippen molar-refractivity contribution in [2.75, 3.05) is 5.75 Å². The number of sulfone groups is 1. The lowest BCUT2D eigenvalue weighted by Crippen LogP contribution is -2.25. The molecule has 0 heterocycles. The molecule has 0 aliphatic rings. The normalized spacial score (nSPS) is 12.1. The highest BCUT2D eigenvalue weighted by Crippen LogP contribution is 2.22. The van der Waals surface area contributed by atoms with E-state index in [0.29, 0.717) is 0 Å². The van der Waals surface area contributed by atoms with E-state index in [9.17, 15) is 13.2 Å². The molecule has 24 heavy (non-hydrogen) atoms. The van der Waals surface area contributed by atoms with Crippen LogP contribution < -0.4 is 0 Å². The molecule has 0 amide bonds. The van der Waals surface area contributed by atoms with Gasteiger partial charge in [-0.15, -0.1) is 0 Å². The van der Waals surface area contributed by atoms with Crippen LogP contribution in [0.15, 0.2) is 47.9 Å². The molecule has 2 aromatic rings. The third kappa shape index (κ3) is 4.68. The molecule has 0 spiro atoms. The van der Waals surface area contributed by atoms with Crippen molar-refractivity contribution >= 4 is 32.7 Å². The van der Waals surface area contributed by atoms with Crippen LogP contribution in [0.2, 0.25) is 0 Å². The highest BCUT2D eigenvalue weighted by Gasteiger charge is 2.21. The van der Waals surface area contributed by atoms with Gasteiger partial charge in [-0.3, -0.25) is 4.79 Å². The molecule has 4 nitrogen and oxygen atoms in total. The monoisotopic (exact) mass is 346 g/mol. The van der Waals surface area contributed by atoms with E-state index >= 15 is 0 Å². The van der Waals surface area contributed by atoms with Crippen LogP contribution in [0.1, 0.15) is 32.8 Å². The van der Waals surface area contributed by atoms with Gasteiger partial charge in [0.15, 0.2) is 9.84 Å². The Labute approximate surface area is 143 Å². The zero-order chi connectivity index (χ0) is 18.0. The molecule has 2 aromatic carbocycles. The highest BCUT2D eigenvalue weighted by molar-refractivity contribution is 7.91. The van der Waals surface area contributed by atoms with Gasteiger partial charge in [0.1, 0.15) is 5.60 Å². The maximum Gasteiger partial charge on any atom is 0.307 e.